The molecule has 20 nitrogen and oxygen atoms in total. The van der Waals surface area contributed by atoms with E-state index in [-0.39, 0.29) is 17.1 Å². The Hall–Kier alpha value is -1.22. The van der Waals surface area contributed by atoms with Gasteiger partial charge in [-0.15, -0.1) is 0 Å². The lowest BCUT2D eigenvalue weighted by molar-refractivity contribution is -0.194. The van der Waals surface area contributed by atoms with Gasteiger partial charge in [0.1, 0.15) is 18.3 Å². The molecule has 34 heavy (non-hydrogen) atoms. The van der Waals surface area contributed by atoms with E-state index in [4.69, 9.17) is 30.0 Å². The average molecular weight is 571 g/mol. The molecule has 3 rings (SSSR count). The van der Waals surface area contributed by atoms with Gasteiger partial charge in [0.05, 0.1) is 6.33 Å². The zero-order valence-corrected chi connectivity index (χ0v) is 19.5. The predicted molar refractivity (Wildman–Crippen MR) is 106 cm³/mol. The molecular formula is C10H16N5O15P3S. The fourth-order valence-corrected chi connectivity index (χ4v) is 8.36. The molecule has 2 aromatic heterocycles. The molecule has 0 saturated carbocycles. The zero-order chi connectivity index (χ0) is 25.6. The van der Waals surface area contributed by atoms with E-state index in [1.165, 1.54) is 0 Å². The number of anilines is 1. The fourth-order valence-electron chi connectivity index (χ4n) is 2.73. The number of aromatic nitrogens is 4. The minimum Gasteiger partial charge on any atom is -0.738 e. The molecule has 1 aliphatic rings. The average Bonchev–Trinajstić information content (AvgIpc) is 3.18. The third kappa shape index (κ3) is 6.31. The first-order chi connectivity index (χ1) is 15.5. The number of aromatic amines is 1. The first kappa shape index (κ1) is 27.4. The molecule has 3 heterocycles. The van der Waals surface area contributed by atoms with Crippen LogP contribution in [0.2, 0.25) is 0 Å². The van der Waals surface area contributed by atoms with E-state index in [0.717, 1.165) is 10.9 Å². The van der Waals surface area contributed by atoms with Crippen molar-refractivity contribution in [3.05, 3.63) is 16.7 Å². The molecule has 0 spiro atoms. The topological polar surface area (TPSA) is 325 Å². The van der Waals surface area contributed by atoms with Gasteiger partial charge in [-0.25, -0.2) is 22.7 Å². The number of phosphoric acid groups is 2. The molecule has 192 valence electrons. The monoisotopic (exact) mass is 571 g/mol. The van der Waals surface area contributed by atoms with Gasteiger partial charge in [0.2, 0.25) is 12.2 Å². The summed E-state index contributed by atoms with van der Waals surface area (Å²) in [5, 5.41) is 30.7. The van der Waals surface area contributed by atoms with Gasteiger partial charge in [0, 0.05) is 0 Å². The quantitative estimate of drug-likeness (QED) is 0.0629. The van der Waals surface area contributed by atoms with Crippen molar-refractivity contribution in [1.29, 1.82) is 0 Å². The van der Waals surface area contributed by atoms with E-state index in [1.807, 2.05) is 0 Å². The fraction of sp³-hybridized carbons (Fsp3) is 0.500. The Morgan fingerprint density at radius 1 is 1.21 bits per heavy atom. The highest BCUT2D eigenvalue weighted by molar-refractivity contribution is 8.16. The number of ether oxygens (including phenoxy) is 1. The van der Waals surface area contributed by atoms with Crippen LogP contribution in [0.15, 0.2) is 11.1 Å². The van der Waals surface area contributed by atoms with E-state index in [0.29, 0.717) is 0 Å². The third-order valence-corrected chi connectivity index (χ3v) is 9.70. The largest absolute Gasteiger partial charge is 0.738 e. The number of nitrogens with zero attached hydrogens (tertiary/aromatic N) is 3. The predicted octanol–water partition coefficient (Wildman–Crippen LogP) is -4.09. The normalized spacial score (nSPS) is 25.1. The lowest BCUT2D eigenvalue weighted by Gasteiger charge is -2.20. The highest BCUT2D eigenvalue weighted by Gasteiger charge is 2.50. The minimum absolute atomic E-state index is 0.169. The number of aliphatic hydroxyl groups is 3. The molecule has 0 aromatic carbocycles. The van der Waals surface area contributed by atoms with Crippen LogP contribution in [-0.4, -0.2) is 79.0 Å². The zero-order valence-electron chi connectivity index (χ0n) is 16.0. The van der Waals surface area contributed by atoms with Crippen molar-refractivity contribution in [3.8, 4) is 0 Å². The molecule has 0 radical (unpaired) electrons. The lowest BCUT2D eigenvalue weighted by atomic mass is 10.1. The van der Waals surface area contributed by atoms with Crippen molar-refractivity contribution >= 4 is 50.7 Å². The lowest BCUT2D eigenvalue weighted by Crippen LogP contribution is -2.39. The van der Waals surface area contributed by atoms with Gasteiger partial charge < -0.3 is 50.3 Å². The number of nitrogens with one attached hydrogen (secondary N) is 1. The molecule has 1 aliphatic heterocycles. The van der Waals surface area contributed by atoms with Gasteiger partial charge in [0.25, 0.3) is 5.56 Å². The van der Waals surface area contributed by atoms with Crippen molar-refractivity contribution < 1.29 is 66.5 Å². The maximum atomic E-state index is 12.3. The number of fused-ring (bicyclic) bond motifs is 1. The van der Waals surface area contributed by atoms with Crippen LogP contribution in [0, 0.1) is 0 Å². The summed E-state index contributed by atoms with van der Waals surface area (Å²) >= 11 is -0.709. The van der Waals surface area contributed by atoms with Gasteiger partial charge in [-0.1, -0.05) is 4.18 Å². The number of nitrogens with two attached hydrogens (primary N) is 1. The number of rotatable bonds is 8. The second-order valence-corrected chi connectivity index (χ2v) is 12.7. The summed E-state index contributed by atoms with van der Waals surface area (Å²) in [6, 6.07) is 0. The van der Waals surface area contributed by atoms with Gasteiger partial charge in [-0.2, -0.15) is 4.98 Å². The molecule has 24 heteroatoms. The number of aliphatic hydroxyl groups excluding tert-OH is 3. The summed E-state index contributed by atoms with van der Waals surface area (Å²) in [4.78, 5) is 69.1. The van der Waals surface area contributed by atoms with Crippen LogP contribution in [-0.2, 0) is 37.9 Å². The maximum absolute atomic E-state index is 12.3. The molecule has 0 aliphatic carbocycles. The van der Waals surface area contributed by atoms with Crippen molar-refractivity contribution in [1.82, 2.24) is 19.5 Å². The molecule has 1 unspecified atom stereocenters. The number of H-pyrrole nitrogens is 1. The van der Waals surface area contributed by atoms with E-state index in [2.05, 4.69) is 27.8 Å². The van der Waals surface area contributed by atoms with E-state index in [1.54, 1.807) is 0 Å². The third-order valence-electron chi connectivity index (χ3n) is 3.93. The first-order valence-electron chi connectivity index (χ1n) is 8.40. The Kier molecular flexibility index (Phi) is 7.79. The summed E-state index contributed by atoms with van der Waals surface area (Å²) in [5.41, 5.74) is 4.37. The van der Waals surface area contributed by atoms with Crippen molar-refractivity contribution in [2.75, 3.05) is 5.73 Å². The highest BCUT2D eigenvalue weighted by atomic mass is 32.5. The number of hydrogen-bond acceptors (Lipinski definition) is 14. The summed E-state index contributed by atoms with van der Waals surface area (Å²) in [6.45, 7) is -5.47. The van der Waals surface area contributed by atoms with Crippen LogP contribution in [0.1, 0.15) is 6.23 Å². The van der Waals surface area contributed by atoms with Crippen molar-refractivity contribution in [2.24, 2.45) is 0 Å². The summed E-state index contributed by atoms with van der Waals surface area (Å²) < 4.78 is 40.2. The van der Waals surface area contributed by atoms with Gasteiger partial charge in [0.15, 0.2) is 17.4 Å². The first-order valence-corrected chi connectivity index (χ1v) is 14.4. The number of hydrogen-bond donors (Lipinski definition) is 9. The van der Waals surface area contributed by atoms with Crippen molar-refractivity contribution in [2.45, 2.75) is 30.8 Å². The number of imidazole rings is 1. The molecule has 1 saturated heterocycles. The SMILES string of the molecule is Nc1nc2c(ncn2[C@@H]2O[C@H](C(O)O[S+]=P([O-])(OP(=O)(O)O)OP(=O)(O)O)[C@@H](O)[C@H]2O)c(=O)[nH]1. The Morgan fingerprint density at radius 3 is 2.35 bits per heavy atom. The second kappa shape index (κ2) is 9.68. The molecule has 2 aromatic rings. The van der Waals surface area contributed by atoms with Crippen LogP contribution in [0.4, 0.5) is 5.95 Å². The smallest absolute Gasteiger partial charge is 0.477 e. The van der Waals surface area contributed by atoms with Crippen LogP contribution in [0.5, 0.6) is 0 Å². The Bertz CT molecular complexity index is 1240. The Morgan fingerprint density at radius 2 is 1.79 bits per heavy atom. The Balaban J connectivity index is 1.86. The molecule has 0 bridgehead atoms. The minimum atomic E-state index is -5.65. The van der Waals surface area contributed by atoms with Crippen molar-refractivity contribution in [3.63, 3.8) is 0 Å². The molecule has 1 fully saturated rings. The molecular weight excluding hydrogens is 555 g/mol. The van der Waals surface area contributed by atoms with Gasteiger partial charge >= 0.3 is 33.6 Å². The van der Waals surface area contributed by atoms with Crippen LogP contribution in [0.3, 0.4) is 0 Å². The number of nitrogen functional groups attached to an aromatic ring is 1. The van der Waals surface area contributed by atoms with Crippen LogP contribution < -0.4 is 16.2 Å². The summed E-state index contributed by atoms with van der Waals surface area (Å²) in [7, 11) is -11.3. The summed E-state index contributed by atoms with van der Waals surface area (Å²) in [6.07, 6.45) is -8.48. The highest BCUT2D eigenvalue weighted by Crippen LogP contribution is 2.63. The van der Waals surface area contributed by atoms with E-state index >= 15 is 0 Å². The van der Waals surface area contributed by atoms with E-state index < -0.39 is 70.0 Å². The maximum Gasteiger partial charge on any atom is 0.477 e. The van der Waals surface area contributed by atoms with Crippen LogP contribution >= 0.6 is 22.4 Å². The van der Waals surface area contributed by atoms with Gasteiger partial charge in [-0.05, 0) is 0 Å². The van der Waals surface area contributed by atoms with Crippen LogP contribution in [0.25, 0.3) is 11.2 Å². The Labute approximate surface area is 190 Å². The molecule has 0 amide bonds. The second-order valence-electron chi connectivity index (χ2n) is 6.40. The van der Waals surface area contributed by atoms with Gasteiger partial charge in [-0.3, -0.25) is 14.3 Å². The molecule has 5 atom stereocenters. The molecule has 10 N–H and O–H groups in total. The van der Waals surface area contributed by atoms with E-state index in [9.17, 15) is 34.1 Å². The standard InChI is InChI=1S/C10H16N5O15P3S/c11-10-13-6-2(7(18)14-10)12-1-15(6)8-4(17)3(16)5(27-8)9(19)28-34-33(26,29-31(20,21)22)30-32(23,24)25/h1,3-5,8-9,16-17,19H,(H7-,11,13,14,18,20,21,22,23,24,25,26)/t3-,4+,5-,8+,9?/m0/s1. The summed E-state index contributed by atoms with van der Waals surface area (Å²) in [5.74, 6) is -0.311.